The molecule has 1 aromatic rings. The summed E-state index contributed by atoms with van der Waals surface area (Å²) in [5, 5.41) is 21.0. The second-order valence-corrected chi connectivity index (χ2v) is 23.8. The van der Waals surface area contributed by atoms with Crippen LogP contribution in [0.3, 0.4) is 0 Å². The van der Waals surface area contributed by atoms with Crippen molar-refractivity contribution in [3.63, 3.8) is 0 Å². The van der Waals surface area contributed by atoms with Gasteiger partial charge in [0, 0.05) is 74.8 Å². The smallest absolute Gasteiger partial charge is 0.328 e. The molecule has 0 bridgehead atoms. The summed E-state index contributed by atoms with van der Waals surface area (Å²) in [6.45, 7) is 20.7. The zero-order valence-corrected chi connectivity index (χ0v) is 52.9. The lowest BCUT2D eigenvalue weighted by Crippen LogP contribution is -2.58. The number of esters is 2. The Morgan fingerprint density at radius 3 is 2.05 bits per heavy atom. The number of benzene rings is 1. The van der Waals surface area contributed by atoms with E-state index in [9.17, 15) is 43.5 Å². The molecule has 1 aromatic carbocycles. The number of methoxy groups -OCH3 is 3. The monoisotopic (exact) mass is 1170 g/mol. The van der Waals surface area contributed by atoms with Crippen LogP contribution < -0.4 is 21.3 Å². The summed E-state index contributed by atoms with van der Waals surface area (Å²) < 4.78 is 33.7. The van der Waals surface area contributed by atoms with Crippen molar-refractivity contribution in [3.05, 3.63) is 47.2 Å². The van der Waals surface area contributed by atoms with Gasteiger partial charge in [-0.2, -0.15) is 0 Å². The summed E-state index contributed by atoms with van der Waals surface area (Å²) in [4.78, 5) is 113. The minimum Gasteiger partial charge on any atom is -0.464 e. The van der Waals surface area contributed by atoms with Gasteiger partial charge in [-0.05, 0) is 81.3 Å². The molecule has 83 heavy (non-hydrogen) atoms. The number of ether oxygens (including phenoxy) is 6. The first-order chi connectivity index (χ1) is 39.0. The Morgan fingerprint density at radius 1 is 0.831 bits per heavy atom. The van der Waals surface area contributed by atoms with Gasteiger partial charge >= 0.3 is 11.9 Å². The number of rotatable bonds is 37. The van der Waals surface area contributed by atoms with Crippen molar-refractivity contribution >= 4 is 47.4 Å². The Kier molecular flexibility index (Phi) is 32.6. The van der Waals surface area contributed by atoms with Gasteiger partial charge in [0.15, 0.2) is 6.29 Å². The zero-order valence-electron chi connectivity index (χ0n) is 52.9. The second-order valence-electron chi connectivity index (χ2n) is 23.8. The van der Waals surface area contributed by atoms with E-state index in [2.05, 4.69) is 21.3 Å². The lowest BCUT2D eigenvalue weighted by Gasteiger charge is -2.41. The minimum absolute atomic E-state index is 0.0518. The molecule has 1 heterocycles. The van der Waals surface area contributed by atoms with Gasteiger partial charge in [-0.25, -0.2) is 4.79 Å². The van der Waals surface area contributed by atoms with E-state index in [1.54, 1.807) is 42.8 Å². The quantitative estimate of drug-likeness (QED) is 0.0262. The first kappa shape index (κ1) is 73.4. The maximum atomic E-state index is 14.5. The van der Waals surface area contributed by atoms with E-state index in [0.717, 1.165) is 11.1 Å². The highest BCUT2D eigenvalue weighted by Gasteiger charge is 2.43. The Balaban J connectivity index is 2.05. The average Bonchev–Trinajstić information content (AvgIpc) is 4.11. The first-order valence-electron chi connectivity index (χ1n) is 29.4. The molecular weight excluding hydrogens is 1070 g/mol. The number of carbonyl (C=O) groups excluding carboxylic acids is 8. The summed E-state index contributed by atoms with van der Waals surface area (Å²) in [5.41, 5.74) is 1.97. The lowest BCUT2D eigenvalue weighted by atomic mass is 9.89. The number of allylic oxidation sites excluding steroid dienone is 1. The molecule has 11 atom stereocenters. The second kappa shape index (κ2) is 36.9. The van der Waals surface area contributed by atoms with Crippen molar-refractivity contribution in [2.45, 2.75) is 195 Å². The number of nitrogens with zero attached hydrogens (tertiary/aromatic N) is 3. The van der Waals surface area contributed by atoms with Crippen molar-refractivity contribution in [1.82, 2.24) is 36.0 Å². The maximum Gasteiger partial charge on any atom is 0.328 e. The third-order valence-electron chi connectivity index (χ3n) is 14.9. The highest BCUT2D eigenvalue weighted by atomic mass is 16.7. The summed E-state index contributed by atoms with van der Waals surface area (Å²) in [6, 6.07) is 5.35. The summed E-state index contributed by atoms with van der Waals surface area (Å²) >= 11 is 0. The van der Waals surface area contributed by atoms with Gasteiger partial charge in [0.1, 0.15) is 30.4 Å². The molecule has 472 valence electrons. The number of hydrogen-bond donors (Lipinski definition) is 5. The highest BCUT2D eigenvalue weighted by molar-refractivity contribution is 5.97. The van der Waals surface area contributed by atoms with Crippen LogP contribution in [0.15, 0.2) is 41.6 Å². The molecule has 1 aliphatic rings. The molecule has 0 aromatic heterocycles. The van der Waals surface area contributed by atoms with Crippen LogP contribution in [0, 0.1) is 23.2 Å². The van der Waals surface area contributed by atoms with Crippen LogP contribution in [0.25, 0.3) is 0 Å². The van der Waals surface area contributed by atoms with Gasteiger partial charge in [0.2, 0.25) is 29.5 Å². The molecule has 0 spiro atoms. The summed E-state index contributed by atoms with van der Waals surface area (Å²) in [5.74, 6) is -4.68. The molecule has 0 aliphatic carbocycles. The third kappa shape index (κ3) is 24.8. The SMILES string of the molecule is CC[C@H](C)[C@@H]([C@@H](CC(=O)N1CCC[C@H]1[C@H](OC)[C@@H](C)C(=O)N[C@@H](Cc1ccccc1)C(=O)NCCCOC(=O)[C@@H](C)NC(=O)CCCC(=O)OCC(OC)OC(CO)CC(C)(C)C)OC)N(C)C(=O)[C@@H](NC(=O)C(=C(C)C)N(C)C)C(C)C. The highest BCUT2D eigenvalue weighted by Crippen LogP contribution is 2.30. The first-order valence-corrected chi connectivity index (χ1v) is 29.4. The maximum absolute atomic E-state index is 14.5. The van der Waals surface area contributed by atoms with Gasteiger partial charge in [-0.15, -0.1) is 0 Å². The van der Waals surface area contributed by atoms with Crippen molar-refractivity contribution in [2.75, 3.05) is 75.4 Å². The van der Waals surface area contributed by atoms with E-state index < -0.39 is 90.4 Å². The van der Waals surface area contributed by atoms with E-state index in [1.165, 1.54) is 28.3 Å². The standard InChI is InChI=1S/C61H103N7O15/c1-18-40(6)54(67(14)59(76)52(38(2)3)65-58(75)53(39(4)5)66(12)13)47(78-15)34-49(71)68-31-23-27-46(68)55(80-17)41(7)56(73)64-45(33-43-25-20-19-21-26-43)57(74)62-30-24-32-81-60(77)42(8)63-48(70)28-22-29-50(72)82-37-51(79-16)83-44(36-69)35-61(9,10)11/h19-21,25-26,38,40-42,44-47,51-52,54-55,69H,18,22-24,27-37H2,1-17H3,(H,62,74)(H,63,70)(H,64,73)(H,65,75)/t40-,41+,42+,44?,45-,46-,47+,51?,52-,54-,55+/m0/s1. The zero-order chi connectivity index (χ0) is 62.7. The van der Waals surface area contributed by atoms with Crippen LogP contribution in [0.1, 0.15) is 140 Å². The normalized spacial score (nSPS) is 17.0. The Bertz CT molecular complexity index is 2240. The molecule has 1 fully saturated rings. The van der Waals surface area contributed by atoms with E-state index in [0.29, 0.717) is 37.9 Å². The molecule has 6 amide bonds. The predicted octanol–water partition coefficient (Wildman–Crippen LogP) is 4.68. The summed E-state index contributed by atoms with van der Waals surface area (Å²) in [7, 11) is 9.68. The van der Waals surface area contributed by atoms with Gasteiger partial charge in [-0.3, -0.25) is 33.6 Å². The molecule has 22 nitrogen and oxygen atoms in total. The molecule has 1 aliphatic heterocycles. The number of hydrogen-bond acceptors (Lipinski definition) is 16. The van der Waals surface area contributed by atoms with Crippen molar-refractivity contribution in [3.8, 4) is 0 Å². The number of carbonyl (C=O) groups is 8. The average molecular weight is 1170 g/mol. The number of nitrogens with one attached hydrogen (secondary N) is 4. The van der Waals surface area contributed by atoms with Crippen molar-refractivity contribution in [1.29, 1.82) is 0 Å². The molecular formula is C61H103N7O15. The summed E-state index contributed by atoms with van der Waals surface area (Å²) in [6.07, 6.45) is -0.00154. The van der Waals surface area contributed by atoms with Gasteiger partial charge in [0.05, 0.1) is 55.9 Å². The van der Waals surface area contributed by atoms with Crippen molar-refractivity contribution in [2.24, 2.45) is 23.2 Å². The lowest BCUT2D eigenvalue weighted by molar-refractivity contribution is -0.198. The number of amides is 6. The minimum atomic E-state index is -1.00. The van der Waals surface area contributed by atoms with E-state index in [1.807, 2.05) is 92.6 Å². The molecule has 0 radical (unpaired) electrons. The Labute approximate surface area is 494 Å². The fourth-order valence-corrected chi connectivity index (χ4v) is 10.4. The van der Waals surface area contributed by atoms with Crippen LogP contribution >= 0.6 is 0 Å². The molecule has 22 heteroatoms. The Hall–Kier alpha value is -5.68. The van der Waals surface area contributed by atoms with Gasteiger partial charge < -0.3 is 69.5 Å². The van der Waals surface area contributed by atoms with E-state index >= 15 is 0 Å². The van der Waals surface area contributed by atoms with Gasteiger partial charge in [-0.1, -0.05) is 92.1 Å². The largest absolute Gasteiger partial charge is 0.464 e. The van der Waals surface area contributed by atoms with Crippen molar-refractivity contribution < 1.29 is 71.9 Å². The molecule has 5 N–H and O–H groups in total. The van der Waals surface area contributed by atoms with Crippen LogP contribution in [0.4, 0.5) is 0 Å². The molecule has 0 saturated carbocycles. The topological polar surface area (TPSA) is 270 Å². The number of aliphatic hydroxyl groups is 1. The molecule has 1 saturated heterocycles. The fourth-order valence-electron chi connectivity index (χ4n) is 10.4. The van der Waals surface area contributed by atoms with E-state index in [-0.39, 0.29) is 99.9 Å². The molecule has 2 unspecified atom stereocenters. The third-order valence-corrected chi connectivity index (χ3v) is 14.9. The number of likely N-dealkylation sites (tertiary alicyclic amines) is 1. The van der Waals surface area contributed by atoms with Crippen LogP contribution in [0.5, 0.6) is 0 Å². The number of likely N-dealkylation sites (N-methyl/N-ethyl adjacent to an activating group) is 2. The number of aliphatic hydroxyl groups excluding tert-OH is 1. The fraction of sp³-hybridized carbons (Fsp3) is 0.738. The molecule has 2 rings (SSSR count). The Morgan fingerprint density at radius 2 is 1.49 bits per heavy atom. The predicted molar refractivity (Wildman–Crippen MR) is 315 cm³/mol. The van der Waals surface area contributed by atoms with Gasteiger partial charge in [0.25, 0.3) is 5.91 Å². The van der Waals surface area contributed by atoms with Crippen LogP contribution in [0.2, 0.25) is 0 Å². The van der Waals surface area contributed by atoms with Crippen LogP contribution in [-0.2, 0) is 73.2 Å². The van der Waals surface area contributed by atoms with E-state index in [4.69, 9.17) is 28.4 Å². The van der Waals surface area contributed by atoms with Crippen LogP contribution in [-0.4, -0.2) is 197 Å².